The lowest BCUT2D eigenvalue weighted by Crippen LogP contribution is -2.54. The Bertz CT molecular complexity index is 1030. The van der Waals surface area contributed by atoms with Crippen LogP contribution in [0.15, 0.2) is 35.7 Å². The van der Waals surface area contributed by atoms with Crippen LogP contribution in [0.1, 0.15) is 37.7 Å². The van der Waals surface area contributed by atoms with E-state index in [1.807, 2.05) is 30.3 Å². The number of hydrazine groups is 1. The van der Waals surface area contributed by atoms with Gasteiger partial charge in [0.05, 0.1) is 6.54 Å². The van der Waals surface area contributed by atoms with Gasteiger partial charge in [-0.05, 0) is 24.5 Å². The van der Waals surface area contributed by atoms with E-state index in [-0.39, 0.29) is 19.6 Å². The highest BCUT2D eigenvalue weighted by atomic mass is 32.2. The monoisotopic (exact) mass is 475 g/mol. The van der Waals surface area contributed by atoms with Gasteiger partial charge in [0, 0.05) is 31.6 Å². The van der Waals surface area contributed by atoms with Crippen molar-refractivity contribution in [3.8, 4) is 0 Å². The smallest absolute Gasteiger partial charge is 0.322 e. The fourth-order valence-corrected chi connectivity index (χ4v) is 5.71. The molecule has 178 valence electrons. The molecule has 0 unspecified atom stereocenters. The summed E-state index contributed by atoms with van der Waals surface area (Å²) in [7, 11) is -3.56. The molecule has 2 aliphatic heterocycles. The minimum Gasteiger partial charge on any atom is -0.322 e. The fourth-order valence-electron chi connectivity index (χ4n) is 4.54. The lowest BCUT2D eigenvalue weighted by Gasteiger charge is -2.33. The zero-order chi connectivity index (χ0) is 23.5. The van der Waals surface area contributed by atoms with Crippen molar-refractivity contribution < 1.29 is 22.8 Å². The normalized spacial score (nSPS) is 22.1. The summed E-state index contributed by atoms with van der Waals surface area (Å²) >= 11 is 0. The van der Waals surface area contributed by atoms with Crippen molar-refractivity contribution in [2.75, 3.05) is 32.7 Å². The molecule has 33 heavy (non-hydrogen) atoms. The van der Waals surface area contributed by atoms with Gasteiger partial charge in [-0.2, -0.15) is 9.31 Å². The molecule has 1 aromatic rings. The molecule has 3 fully saturated rings. The number of hydrogen-bond acceptors (Lipinski definition) is 6. The second kappa shape index (κ2) is 9.62. The number of rotatable bonds is 6. The van der Waals surface area contributed by atoms with Crippen LogP contribution in [0.2, 0.25) is 0 Å². The van der Waals surface area contributed by atoms with E-state index < -0.39 is 33.4 Å². The zero-order valence-corrected chi connectivity index (χ0v) is 19.2. The highest BCUT2D eigenvalue weighted by Gasteiger charge is 2.52. The number of sulfonamides is 1. The summed E-state index contributed by atoms with van der Waals surface area (Å²) < 4.78 is 26.6. The largest absolute Gasteiger partial charge is 0.344 e. The molecule has 0 radical (unpaired) electrons. The highest BCUT2D eigenvalue weighted by molar-refractivity contribution is 7.92. The van der Waals surface area contributed by atoms with Crippen LogP contribution >= 0.6 is 0 Å². The molecule has 4 amide bonds. The summed E-state index contributed by atoms with van der Waals surface area (Å²) in [6.45, 7) is 1.21. The van der Waals surface area contributed by atoms with Gasteiger partial charge in [0.15, 0.2) is 0 Å². The lowest BCUT2D eigenvalue weighted by molar-refractivity contribution is -0.140. The SMILES string of the molecule is O=C(CN1CCN(S(=O)(=O)C=Cc2ccccc2)CC1)NN1C(=O)NC2(CCCCC2)C1=O. The van der Waals surface area contributed by atoms with Crippen LogP contribution in [0.4, 0.5) is 4.79 Å². The number of imide groups is 1. The molecule has 4 rings (SSSR count). The molecular formula is C22H29N5O5S. The van der Waals surface area contributed by atoms with Crippen molar-refractivity contribution >= 4 is 33.9 Å². The number of nitrogens with zero attached hydrogens (tertiary/aromatic N) is 3. The minimum atomic E-state index is -3.56. The van der Waals surface area contributed by atoms with Gasteiger partial charge in [-0.1, -0.05) is 49.6 Å². The van der Waals surface area contributed by atoms with Crippen molar-refractivity contribution in [1.82, 2.24) is 25.0 Å². The molecule has 11 heteroatoms. The molecule has 1 spiro atoms. The molecule has 0 aromatic heterocycles. The van der Waals surface area contributed by atoms with Crippen LogP contribution < -0.4 is 10.7 Å². The number of carbonyl (C=O) groups excluding carboxylic acids is 3. The Morgan fingerprint density at radius 2 is 1.70 bits per heavy atom. The summed E-state index contributed by atoms with van der Waals surface area (Å²) in [5.41, 5.74) is 2.33. The minimum absolute atomic E-state index is 0.0300. The number of piperazine rings is 1. The van der Waals surface area contributed by atoms with Gasteiger partial charge in [0.1, 0.15) is 5.54 Å². The number of carbonyl (C=O) groups is 3. The predicted molar refractivity (Wildman–Crippen MR) is 122 cm³/mol. The third kappa shape index (κ3) is 5.26. The summed E-state index contributed by atoms with van der Waals surface area (Å²) in [5.74, 6) is -0.881. The standard InChI is InChI=1S/C22H29N5O5S/c28-19(24-27-20(29)22(23-21(27)30)10-5-2-6-11-22)17-25-12-14-26(15-13-25)33(31,32)16-9-18-7-3-1-4-8-18/h1,3-4,7-9,16H,2,5-6,10-15,17H2,(H,23,30)(H,24,28). The van der Waals surface area contributed by atoms with Crippen molar-refractivity contribution in [3.05, 3.63) is 41.3 Å². The van der Waals surface area contributed by atoms with Gasteiger partial charge in [0.2, 0.25) is 10.0 Å². The first-order valence-electron chi connectivity index (χ1n) is 11.2. The summed E-state index contributed by atoms with van der Waals surface area (Å²) in [4.78, 5) is 39.4. The molecule has 2 heterocycles. The third-order valence-electron chi connectivity index (χ3n) is 6.40. The maximum absolute atomic E-state index is 12.8. The first-order chi connectivity index (χ1) is 15.8. The van der Waals surface area contributed by atoms with E-state index in [4.69, 9.17) is 0 Å². The Hall–Kier alpha value is -2.76. The molecule has 1 aliphatic carbocycles. The molecule has 2 saturated heterocycles. The highest BCUT2D eigenvalue weighted by Crippen LogP contribution is 2.33. The topological polar surface area (TPSA) is 119 Å². The van der Waals surface area contributed by atoms with E-state index in [9.17, 15) is 22.8 Å². The first kappa shape index (κ1) is 23.4. The zero-order valence-electron chi connectivity index (χ0n) is 18.4. The number of urea groups is 1. The average molecular weight is 476 g/mol. The van der Waals surface area contributed by atoms with Crippen LogP contribution in [0.25, 0.3) is 6.08 Å². The van der Waals surface area contributed by atoms with Crippen molar-refractivity contribution in [2.24, 2.45) is 0 Å². The van der Waals surface area contributed by atoms with Gasteiger partial charge in [-0.25, -0.2) is 13.2 Å². The fraction of sp³-hybridized carbons (Fsp3) is 0.500. The average Bonchev–Trinajstić information content (AvgIpc) is 3.03. The molecular weight excluding hydrogens is 446 g/mol. The summed E-state index contributed by atoms with van der Waals surface area (Å²) in [5, 5.41) is 4.75. The Balaban J connectivity index is 1.27. The Kier molecular flexibility index (Phi) is 6.82. The number of benzene rings is 1. The van der Waals surface area contributed by atoms with Crippen molar-refractivity contribution in [3.63, 3.8) is 0 Å². The molecule has 1 aromatic carbocycles. The molecule has 10 nitrogen and oxygen atoms in total. The van der Waals surface area contributed by atoms with Gasteiger partial charge < -0.3 is 5.32 Å². The van der Waals surface area contributed by atoms with E-state index in [0.29, 0.717) is 25.9 Å². The Morgan fingerprint density at radius 1 is 1.03 bits per heavy atom. The van der Waals surface area contributed by atoms with Gasteiger partial charge in [-0.15, -0.1) is 0 Å². The number of hydrogen-bond donors (Lipinski definition) is 2. The maximum Gasteiger partial charge on any atom is 0.344 e. The third-order valence-corrected chi connectivity index (χ3v) is 7.96. The Morgan fingerprint density at radius 3 is 2.36 bits per heavy atom. The van der Waals surface area contributed by atoms with Crippen molar-refractivity contribution in [1.29, 1.82) is 0 Å². The van der Waals surface area contributed by atoms with Crippen LogP contribution in [-0.4, -0.2) is 78.7 Å². The van der Waals surface area contributed by atoms with Crippen LogP contribution in [0, 0.1) is 0 Å². The van der Waals surface area contributed by atoms with E-state index in [1.165, 1.54) is 9.71 Å². The number of nitrogens with one attached hydrogen (secondary N) is 2. The summed E-state index contributed by atoms with van der Waals surface area (Å²) in [6, 6.07) is 8.58. The van der Waals surface area contributed by atoms with E-state index in [1.54, 1.807) is 11.0 Å². The van der Waals surface area contributed by atoms with Gasteiger partial charge in [-0.3, -0.25) is 19.9 Å². The quantitative estimate of drug-likeness (QED) is 0.590. The second-order valence-corrected chi connectivity index (χ2v) is 10.5. The molecule has 2 N–H and O–H groups in total. The maximum atomic E-state index is 12.8. The second-order valence-electron chi connectivity index (χ2n) is 8.68. The lowest BCUT2D eigenvalue weighted by atomic mass is 9.82. The molecule has 3 aliphatic rings. The molecule has 0 bridgehead atoms. The van der Waals surface area contributed by atoms with E-state index in [2.05, 4.69) is 10.7 Å². The van der Waals surface area contributed by atoms with E-state index >= 15 is 0 Å². The summed E-state index contributed by atoms with van der Waals surface area (Å²) in [6.07, 6.45) is 5.48. The van der Waals surface area contributed by atoms with E-state index in [0.717, 1.165) is 29.8 Å². The van der Waals surface area contributed by atoms with Crippen molar-refractivity contribution in [2.45, 2.75) is 37.6 Å². The Labute approximate surface area is 193 Å². The van der Waals surface area contributed by atoms with Crippen LogP contribution in [-0.2, 0) is 19.6 Å². The predicted octanol–water partition coefficient (Wildman–Crippen LogP) is 0.891. The molecule has 0 atom stereocenters. The van der Waals surface area contributed by atoms with Gasteiger partial charge >= 0.3 is 6.03 Å². The number of amides is 4. The molecule has 1 saturated carbocycles. The van der Waals surface area contributed by atoms with Gasteiger partial charge in [0.25, 0.3) is 11.8 Å². The first-order valence-corrected chi connectivity index (χ1v) is 12.7. The van der Waals surface area contributed by atoms with Crippen LogP contribution in [0.3, 0.4) is 0 Å². The van der Waals surface area contributed by atoms with Crippen LogP contribution in [0.5, 0.6) is 0 Å².